The maximum atomic E-state index is 12.2. The molecule has 0 atom stereocenters. The van der Waals surface area contributed by atoms with E-state index in [1.165, 1.54) is 0 Å². The molecule has 3 aromatic rings. The minimum Gasteiger partial charge on any atom is -0.323 e. The molecule has 9 heteroatoms. The van der Waals surface area contributed by atoms with Gasteiger partial charge in [-0.15, -0.1) is 11.3 Å². The van der Waals surface area contributed by atoms with Crippen molar-refractivity contribution in [2.45, 2.75) is 4.21 Å². The van der Waals surface area contributed by atoms with Crippen LogP contribution in [0.4, 0.5) is 5.95 Å². The Morgan fingerprint density at radius 2 is 2.00 bits per heavy atom. The van der Waals surface area contributed by atoms with Crippen LogP contribution in [0.15, 0.2) is 42.8 Å². The van der Waals surface area contributed by atoms with Crippen LogP contribution in [-0.2, 0) is 10.0 Å². The van der Waals surface area contributed by atoms with Crippen LogP contribution in [0.3, 0.4) is 0 Å². The largest absolute Gasteiger partial charge is 0.323 e. The van der Waals surface area contributed by atoms with Crippen LogP contribution in [0.2, 0.25) is 0 Å². The highest BCUT2D eigenvalue weighted by atomic mass is 79.9. The lowest BCUT2D eigenvalue weighted by molar-refractivity contribution is 0.603. The van der Waals surface area contributed by atoms with Crippen LogP contribution in [0.25, 0.3) is 11.0 Å². The van der Waals surface area contributed by atoms with E-state index in [4.69, 9.17) is 0 Å². The minimum absolute atomic E-state index is 0.201. The number of nitrogens with one attached hydrogen (secondary N) is 2. The maximum absolute atomic E-state index is 12.2. The van der Waals surface area contributed by atoms with Gasteiger partial charge in [0.2, 0.25) is 5.95 Å². The summed E-state index contributed by atoms with van der Waals surface area (Å²) in [7, 11) is -3.65. The van der Waals surface area contributed by atoms with Crippen molar-refractivity contribution in [3.8, 4) is 0 Å². The van der Waals surface area contributed by atoms with Crippen LogP contribution in [0.5, 0.6) is 0 Å². The van der Waals surface area contributed by atoms with E-state index in [-0.39, 0.29) is 10.2 Å². The highest BCUT2D eigenvalue weighted by Gasteiger charge is 2.20. The van der Waals surface area contributed by atoms with Crippen molar-refractivity contribution in [3.05, 3.63) is 38.6 Å². The molecule has 0 aliphatic carbocycles. The van der Waals surface area contributed by atoms with E-state index in [0.29, 0.717) is 9.99 Å². The highest BCUT2D eigenvalue weighted by molar-refractivity contribution is 9.13. The Labute approximate surface area is 135 Å². The fourth-order valence-electron chi connectivity index (χ4n) is 1.64. The topological polar surface area (TPSA) is 74.8 Å². The smallest absolute Gasteiger partial charge is 0.273 e. The number of rotatable bonds is 3. The summed E-state index contributed by atoms with van der Waals surface area (Å²) in [5.74, 6) is 0.201. The lowest BCUT2D eigenvalue weighted by Gasteiger charge is -2.01. The van der Waals surface area contributed by atoms with Crippen LogP contribution in [-0.4, -0.2) is 18.4 Å². The predicted octanol–water partition coefficient (Wildman–Crippen LogP) is 3.95. The monoisotopic (exact) mass is 435 g/mol. The van der Waals surface area contributed by atoms with E-state index in [1.807, 2.05) is 24.3 Å². The third kappa shape index (κ3) is 2.62. The molecule has 0 amide bonds. The van der Waals surface area contributed by atoms with Crippen molar-refractivity contribution >= 4 is 70.2 Å². The summed E-state index contributed by atoms with van der Waals surface area (Å²) in [5, 5.41) is 0. The van der Waals surface area contributed by atoms with Crippen molar-refractivity contribution in [2.24, 2.45) is 0 Å². The SMILES string of the molecule is O=S(=O)(Nc1nc2ccccc2[nH]1)c1cc(Br)c(Br)s1. The van der Waals surface area contributed by atoms with Crippen molar-refractivity contribution in [3.63, 3.8) is 0 Å². The van der Waals surface area contributed by atoms with E-state index in [0.717, 1.165) is 20.6 Å². The average Bonchev–Trinajstić information content (AvgIpc) is 2.93. The molecule has 3 rings (SSSR count). The van der Waals surface area contributed by atoms with Gasteiger partial charge in [-0.3, -0.25) is 0 Å². The highest BCUT2D eigenvalue weighted by Crippen LogP contribution is 2.35. The van der Waals surface area contributed by atoms with Gasteiger partial charge in [0.1, 0.15) is 4.21 Å². The molecule has 0 aliphatic heterocycles. The van der Waals surface area contributed by atoms with E-state index in [9.17, 15) is 8.42 Å². The van der Waals surface area contributed by atoms with Gasteiger partial charge in [0, 0.05) is 4.47 Å². The molecule has 5 nitrogen and oxygen atoms in total. The molecule has 104 valence electrons. The van der Waals surface area contributed by atoms with Gasteiger partial charge in [-0.05, 0) is 50.1 Å². The van der Waals surface area contributed by atoms with Gasteiger partial charge >= 0.3 is 0 Å². The summed E-state index contributed by atoms with van der Waals surface area (Å²) in [6.45, 7) is 0. The Morgan fingerprint density at radius 3 is 2.65 bits per heavy atom. The zero-order chi connectivity index (χ0) is 14.3. The zero-order valence-electron chi connectivity index (χ0n) is 9.72. The number of halogens is 2. The van der Waals surface area contributed by atoms with Gasteiger partial charge in [-0.1, -0.05) is 12.1 Å². The van der Waals surface area contributed by atoms with Gasteiger partial charge in [-0.2, -0.15) is 0 Å². The van der Waals surface area contributed by atoms with Crippen LogP contribution >= 0.6 is 43.2 Å². The molecule has 0 spiro atoms. The number of aromatic nitrogens is 2. The molecule has 0 aliphatic rings. The summed E-state index contributed by atoms with van der Waals surface area (Å²) >= 11 is 7.67. The molecule has 2 aromatic heterocycles. The van der Waals surface area contributed by atoms with E-state index in [2.05, 4.69) is 46.5 Å². The maximum Gasteiger partial charge on any atom is 0.273 e. The standard InChI is InChI=1S/C11H7Br2N3O2S2/c12-6-5-9(19-10(6)13)20(17,18)16-11-14-7-3-1-2-4-8(7)15-11/h1-5H,(H2,14,15,16). The molecule has 0 bridgehead atoms. The molecule has 2 heterocycles. The van der Waals surface area contributed by atoms with Crippen molar-refractivity contribution in [1.29, 1.82) is 0 Å². The number of fused-ring (bicyclic) bond motifs is 1. The molecular formula is C11H7Br2N3O2S2. The van der Waals surface area contributed by atoms with Crippen LogP contribution in [0, 0.1) is 0 Å². The van der Waals surface area contributed by atoms with E-state index < -0.39 is 10.0 Å². The summed E-state index contributed by atoms with van der Waals surface area (Å²) in [4.78, 5) is 7.11. The first-order valence-corrected chi connectivity index (χ1v) is 9.27. The number of hydrogen-bond donors (Lipinski definition) is 2. The Hall–Kier alpha value is -0.900. The first kappa shape index (κ1) is 14.1. The third-order valence-corrected chi connectivity index (χ3v) is 7.58. The molecule has 1 aromatic carbocycles. The van der Waals surface area contributed by atoms with Crippen molar-refractivity contribution in [1.82, 2.24) is 9.97 Å². The summed E-state index contributed by atoms with van der Waals surface area (Å²) in [6.07, 6.45) is 0. The number of imidazole rings is 1. The number of sulfonamides is 1. The van der Waals surface area contributed by atoms with Gasteiger partial charge in [-0.25, -0.2) is 18.1 Å². The molecule has 20 heavy (non-hydrogen) atoms. The van der Waals surface area contributed by atoms with E-state index in [1.54, 1.807) is 6.07 Å². The molecule has 0 saturated heterocycles. The van der Waals surface area contributed by atoms with E-state index >= 15 is 0 Å². The normalized spacial score (nSPS) is 11.9. The summed E-state index contributed by atoms with van der Waals surface area (Å²) in [5.41, 5.74) is 1.48. The van der Waals surface area contributed by atoms with Crippen molar-refractivity contribution < 1.29 is 8.42 Å². The Kier molecular flexibility index (Phi) is 3.61. The number of aromatic amines is 1. The Bertz CT molecular complexity index is 834. The number of benzene rings is 1. The summed E-state index contributed by atoms with van der Waals surface area (Å²) in [6, 6.07) is 8.88. The van der Waals surface area contributed by atoms with Gasteiger partial charge in [0.05, 0.1) is 14.8 Å². The molecule has 0 radical (unpaired) electrons. The fraction of sp³-hybridized carbons (Fsp3) is 0. The second-order valence-electron chi connectivity index (χ2n) is 3.90. The van der Waals surface area contributed by atoms with Gasteiger partial charge in [0.25, 0.3) is 10.0 Å². The van der Waals surface area contributed by atoms with Crippen molar-refractivity contribution in [2.75, 3.05) is 4.72 Å². The van der Waals surface area contributed by atoms with Crippen LogP contribution in [0.1, 0.15) is 0 Å². The first-order chi connectivity index (χ1) is 9.45. The molecular weight excluding hydrogens is 430 g/mol. The number of anilines is 1. The molecule has 2 N–H and O–H groups in total. The lowest BCUT2D eigenvalue weighted by Crippen LogP contribution is -2.12. The summed E-state index contributed by atoms with van der Waals surface area (Å²) < 4.78 is 28.6. The second kappa shape index (κ2) is 5.14. The van der Waals surface area contributed by atoms with Crippen LogP contribution < -0.4 is 4.72 Å². The number of nitrogens with zero attached hydrogens (tertiary/aromatic N) is 1. The predicted molar refractivity (Wildman–Crippen MR) is 86.6 cm³/mol. The quantitative estimate of drug-likeness (QED) is 0.652. The Morgan fingerprint density at radius 1 is 1.25 bits per heavy atom. The first-order valence-electron chi connectivity index (χ1n) is 5.38. The number of hydrogen-bond acceptors (Lipinski definition) is 4. The lowest BCUT2D eigenvalue weighted by atomic mass is 10.3. The number of H-pyrrole nitrogens is 1. The van der Waals surface area contributed by atoms with Gasteiger partial charge in [0.15, 0.2) is 0 Å². The second-order valence-corrected chi connectivity index (χ2v) is 9.03. The number of thiophene rings is 1. The Balaban J connectivity index is 1.96. The molecule has 0 unspecified atom stereocenters. The van der Waals surface area contributed by atoms with Gasteiger partial charge < -0.3 is 4.98 Å². The zero-order valence-corrected chi connectivity index (χ0v) is 14.5. The molecule has 0 fully saturated rings. The fourth-order valence-corrected chi connectivity index (χ4v) is 5.42. The average molecular weight is 437 g/mol. The third-order valence-electron chi connectivity index (χ3n) is 2.51. The molecule has 0 saturated carbocycles. The number of para-hydroxylation sites is 2. The minimum atomic E-state index is -3.65.